The van der Waals surface area contributed by atoms with Crippen molar-refractivity contribution in [3.05, 3.63) is 40.2 Å². The molecule has 4 N–H and O–H groups in total. The lowest BCUT2D eigenvalue weighted by Gasteiger charge is -2.30. The molecule has 1 amide bonds. The molecule has 1 aromatic rings. The molecule has 0 aliphatic heterocycles. The second-order valence-corrected chi connectivity index (χ2v) is 8.72. The Morgan fingerprint density at radius 3 is 2.20 bits per heavy atom. The van der Waals surface area contributed by atoms with Crippen LogP contribution in [-0.4, -0.2) is 11.0 Å². The van der Waals surface area contributed by atoms with Crippen LogP contribution in [0.25, 0.3) is 0 Å². The van der Waals surface area contributed by atoms with Crippen LogP contribution in [0.1, 0.15) is 77.1 Å². The fourth-order valence-electron chi connectivity index (χ4n) is 3.12. The summed E-state index contributed by atoms with van der Waals surface area (Å²) in [6, 6.07) is 2.05. The highest BCUT2D eigenvalue weighted by Gasteiger charge is 2.29. The van der Waals surface area contributed by atoms with Gasteiger partial charge in [-0.3, -0.25) is 4.79 Å². The largest absolute Gasteiger partial charge is 0.507 e. The maximum absolute atomic E-state index is 12.0. The minimum atomic E-state index is -0.179. The lowest BCUT2D eigenvalue weighted by Crippen LogP contribution is -2.27. The Balaban J connectivity index is 3.30. The molecule has 0 fully saturated rings. The van der Waals surface area contributed by atoms with Crippen LogP contribution in [0, 0.1) is 6.92 Å². The van der Waals surface area contributed by atoms with E-state index in [1.54, 1.807) is 13.0 Å². The number of aromatic hydroxyl groups is 1. The van der Waals surface area contributed by atoms with Crippen LogP contribution in [0.4, 0.5) is 0 Å². The molecule has 140 valence electrons. The number of nitrogens with two attached hydrogens (primary N) is 1. The maximum atomic E-state index is 12.0. The van der Waals surface area contributed by atoms with Gasteiger partial charge in [-0.15, -0.1) is 0 Å². The zero-order chi connectivity index (χ0) is 19.6. The van der Waals surface area contributed by atoms with Crippen LogP contribution in [0.5, 0.6) is 5.75 Å². The summed E-state index contributed by atoms with van der Waals surface area (Å²) in [5, 5.41) is 13.6. The summed E-state index contributed by atoms with van der Waals surface area (Å²) in [5.74, 6) is 0.653. The van der Waals surface area contributed by atoms with Crippen molar-refractivity contribution in [3.63, 3.8) is 0 Å². The first-order chi connectivity index (χ1) is 11.3. The van der Waals surface area contributed by atoms with Crippen molar-refractivity contribution in [3.8, 4) is 5.75 Å². The fraction of sp³-hybridized carbons (Fsp3) is 0.571. The smallest absolute Gasteiger partial charge is 0.225 e. The molecule has 4 heteroatoms. The third-order valence-corrected chi connectivity index (χ3v) is 4.44. The molecular weight excluding hydrogens is 312 g/mol. The third-order valence-electron chi connectivity index (χ3n) is 4.44. The number of benzene rings is 1. The Labute approximate surface area is 152 Å². The highest BCUT2D eigenvalue weighted by molar-refractivity contribution is 5.78. The molecule has 0 radical (unpaired) electrons. The van der Waals surface area contributed by atoms with Gasteiger partial charge in [0.15, 0.2) is 0 Å². The number of hydrogen-bond acceptors (Lipinski definition) is 3. The lowest BCUT2D eigenvalue weighted by atomic mass is 9.75. The van der Waals surface area contributed by atoms with Crippen LogP contribution in [0.2, 0.25) is 0 Å². The van der Waals surface area contributed by atoms with Gasteiger partial charge in [0, 0.05) is 12.0 Å². The van der Waals surface area contributed by atoms with Crippen LogP contribution >= 0.6 is 0 Å². The SMILES string of the molecule is CC=C(N)NC(=O)CCc1cc(C(C)(C)C)c(O)c(C(C)(C)C)c1C. The second-order valence-electron chi connectivity index (χ2n) is 8.72. The molecule has 0 aromatic heterocycles. The van der Waals surface area contributed by atoms with E-state index in [0.29, 0.717) is 24.4 Å². The molecular formula is C21H34N2O2. The normalized spacial score (nSPS) is 13.0. The van der Waals surface area contributed by atoms with Crippen molar-refractivity contribution in [2.75, 3.05) is 0 Å². The van der Waals surface area contributed by atoms with Crippen molar-refractivity contribution in [2.24, 2.45) is 5.73 Å². The number of carbonyl (C=O) groups is 1. The van der Waals surface area contributed by atoms with Gasteiger partial charge >= 0.3 is 0 Å². The Morgan fingerprint density at radius 2 is 1.76 bits per heavy atom. The van der Waals surface area contributed by atoms with Gasteiger partial charge in [0.2, 0.25) is 5.91 Å². The zero-order valence-corrected chi connectivity index (χ0v) is 17.0. The van der Waals surface area contributed by atoms with Crippen molar-refractivity contribution < 1.29 is 9.90 Å². The Bertz CT molecular complexity index is 675. The quantitative estimate of drug-likeness (QED) is 0.766. The van der Waals surface area contributed by atoms with E-state index in [2.05, 4.69) is 46.9 Å². The summed E-state index contributed by atoms with van der Waals surface area (Å²) < 4.78 is 0. The standard InChI is InChI=1S/C21H34N2O2/c1-9-16(22)23-17(24)11-10-14-12-15(20(3,4)5)19(25)18(13(14)2)21(6,7)8/h9,12,25H,10-11,22H2,1-8H3,(H,23,24). The molecule has 25 heavy (non-hydrogen) atoms. The number of hydrogen-bond donors (Lipinski definition) is 3. The molecule has 0 saturated carbocycles. The van der Waals surface area contributed by atoms with Crippen LogP contribution in [0.15, 0.2) is 18.0 Å². The van der Waals surface area contributed by atoms with Crippen molar-refractivity contribution in [2.45, 2.75) is 79.1 Å². The lowest BCUT2D eigenvalue weighted by molar-refractivity contribution is -0.120. The highest BCUT2D eigenvalue weighted by atomic mass is 16.3. The number of nitrogens with one attached hydrogen (secondary N) is 1. The van der Waals surface area contributed by atoms with E-state index >= 15 is 0 Å². The topological polar surface area (TPSA) is 75.3 Å². The van der Waals surface area contributed by atoms with E-state index < -0.39 is 0 Å². The van der Waals surface area contributed by atoms with Crippen LogP contribution in [-0.2, 0) is 22.0 Å². The average Bonchev–Trinajstić information content (AvgIpc) is 2.43. The molecule has 0 aliphatic carbocycles. The minimum absolute atomic E-state index is 0.0994. The maximum Gasteiger partial charge on any atom is 0.225 e. The van der Waals surface area contributed by atoms with Crippen LogP contribution in [0.3, 0.4) is 0 Å². The Morgan fingerprint density at radius 1 is 1.20 bits per heavy atom. The molecule has 0 aliphatic rings. The molecule has 1 rings (SSSR count). The first-order valence-corrected chi connectivity index (χ1v) is 8.87. The molecule has 1 aromatic carbocycles. The van der Waals surface area contributed by atoms with E-state index in [-0.39, 0.29) is 16.7 Å². The zero-order valence-electron chi connectivity index (χ0n) is 17.0. The summed E-state index contributed by atoms with van der Waals surface area (Å²) in [5.41, 5.74) is 9.34. The van der Waals surface area contributed by atoms with Gasteiger partial charge in [-0.25, -0.2) is 0 Å². The Hall–Kier alpha value is -1.97. The monoisotopic (exact) mass is 346 g/mol. The van der Waals surface area contributed by atoms with Gasteiger partial charge < -0.3 is 16.2 Å². The third kappa shape index (κ3) is 5.25. The summed E-state index contributed by atoms with van der Waals surface area (Å²) in [4.78, 5) is 12.0. The minimum Gasteiger partial charge on any atom is -0.507 e. The van der Waals surface area contributed by atoms with E-state index in [0.717, 1.165) is 22.3 Å². The first kappa shape index (κ1) is 21.1. The fourth-order valence-corrected chi connectivity index (χ4v) is 3.12. The van der Waals surface area contributed by atoms with Crippen molar-refractivity contribution in [1.82, 2.24) is 5.32 Å². The summed E-state index contributed by atoms with van der Waals surface area (Å²) in [6.45, 7) is 16.4. The number of amides is 1. The van der Waals surface area contributed by atoms with Gasteiger partial charge in [0.1, 0.15) is 5.75 Å². The van der Waals surface area contributed by atoms with Gasteiger partial charge in [-0.05, 0) is 53.9 Å². The molecule has 0 unspecified atom stereocenters. The van der Waals surface area contributed by atoms with Crippen molar-refractivity contribution >= 4 is 5.91 Å². The van der Waals surface area contributed by atoms with Gasteiger partial charge in [0.05, 0.1) is 5.82 Å². The average molecular weight is 347 g/mol. The first-order valence-electron chi connectivity index (χ1n) is 8.87. The van der Waals surface area contributed by atoms with Gasteiger partial charge in [0.25, 0.3) is 0 Å². The molecule has 4 nitrogen and oxygen atoms in total. The number of rotatable bonds is 4. The summed E-state index contributed by atoms with van der Waals surface area (Å²) >= 11 is 0. The van der Waals surface area contributed by atoms with E-state index in [4.69, 9.17) is 5.73 Å². The predicted octanol–water partition coefficient (Wildman–Crippen LogP) is 4.16. The van der Waals surface area contributed by atoms with Gasteiger partial charge in [-0.1, -0.05) is 47.6 Å². The van der Waals surface area contributed by atoms with E-state index in [9.17, 15) is 9.90 Å². The van der Waals surface area contributed by atoms with E-state index in [1.165, 1.54) is 0 Å². The molecule has 0 atom stereocenters. The summed E-state index contributed by atoms with van der Waals surface area (Å²) in [7, 11) is 0. The van der Waals surface area contributed by atoms with Crippen molar-refractivity contribution in [1.29, 1.82) is 0 Å². The number of carbonyl (C=O) groups excluding carboxylic acids is 1. The van der Waals surface area contributed by atoms with Gasteiger partial charge in [-0.2, -0.15) is 0 Å². The molecule has 0 spiro atoms. The number of phenols is 1. The summed E-state index contributed by atoms with van der Waals surface area (Å²) in [6.07, 6.45) is 2.63. The molecule has 0 saturated heterocycles. The number of phenolic OH excluding ortho intramolecular Hbond substituents is 1. The molecule has 0 bridgehead atoms. The number of aryl methyl sites for hydroxylation is 1. The van der Waals surface area contributed by atoms with E-state index in [1.807, 2.05) is 13.0 Å². The predicted molar refractivity (Wildman–Crippen MR) is 105 cm³/mol. The Kier molecular flexibility index (Phi) is 6.33. The second kappa shape index (κ2) is 7.51. The molecule has 0 heterocycles. The highest BCUT2D eigenvalue weighted by Crippen LogP contribution is 2.42. The van der Waals surface area contributed by atoms with Crippen LogP contribution < -0.4 is 11.1 Å². The number of allylic oxidation sites excluding steroid dienone is 1.